The molecule has 26 heavy (non-hydrogen) atoms. The third-order valence-electron chi connectivity index (χ3n) is 4.08. The van der Waals surface area contributed by atoms with E-state index < -0.39 is 15.5 Å². The summed E-state index contributed by atoms with van der Waals surface area (Å²) in [5, 5.41) is 0.594. The molecule has 1 aromatic heterocycles. The molecular weight excluding hydrogens is 389 g/mol. The molecule has 1 fully saturated rings. The van der Waals surface area contributed by atoms with E-state index in [1.165, 1.54) is 11.5 Å². The average Bonchev–Trinajstić information content (AvgIpc) is 3.04. The van der Waals surface area contributed by atoms with Gasteiger partial charge in [0, 0.05) is 44.1 Å². The second-order valence-corrected chi connectivity index (χ2v) is 8.65. The van der Waals surface area contributed by atoms with Gasteiger partial charge in [-0.3, -0.25) is 0 Å². The lowest BCUT2D eigenvalue weighted by atomic mass is 10.1. The van der Waals surface area contributed by atoms with Gasteiger partial charge in [-0.25, -0.2) is 13.4 Å². The zero-order chi connectivity index (χ0) is 18.9. The molecule has 2 heterocycles. The molecular formula is C15H17F3N4O2S2. The van der Waals surface area contributed by atoms with Crippen molar-refractivity contribution < 1.29 is 21.6 Å². The first-order valence-electron chi connectivity index (χ1n) is 7.86. The lowest BCUT2D eigenvalue weighted by Gasteiger charge is -2.33. The summed E-state index contributed by atoms with van der Waals surface area (Å²) in [4.78, 5) is 6.19. The molecule has 0 aliphatic carbocycles. The molecule has 142 valence electrons. The van der Waals surface area contributed by atoms with Crippen LogP contribution in [0.5, 0.6) is 0 Å². The van der Waals surface area contributed by atoms with Crippen molar-refractivity contribution in [3.63, 3.8) is 0 Å². The van der Waals surface area contributed by atoms with Crippen molar-refractivity contribution in [2.45, 2.75) is 18.9 Å². The van der Waals surface area contributed by atoms with Crippen LogP contribution in [0.1, 0.15) is 17.0 Å². The average molecular weight is 406 g/mol. The maximum atomic E-state index is 12.6. The zero-order valence-corrected chi connectivity index (χ0v) is 15.5. The van der Waals surface area contributed by atoms with Crippen LogP contribution in [0, 0.1) is 6.92 Å². The number of alkyl halides is 3. The SMILES string of the molecule is Cc1ccc(Cc2nsc(N3CCN(S(=O)(=O)C(F)(F)F)CC3)n2)cc1. The van der Waals surface area contributed by atoms with Gasteiger partial charge in [0.25, 0.3) is 0 Å². The summed E-state index contributed by atoms with van der Waals surface area (Å²) in [7, 11) is -5.27. The van der Waals surface area contributed by atoms with Gasteiger partial charge in [0.05, 0.1) is 0 Å². The third kappa shape index (κ3) is 3.99. The van der Waals surface area contributed by atoms with Crippen LogP contribution < -0.4 is 4.90 Å². The maximum absolute atomic E-state index is 12.6. The topological polar surface area (TPSA) is 66.4 Å². The smallest absolute Gasteiger partial charge is 0.344 e. The number of benzene rings is 1. The van der Waals surface area contributed by atoms with Crippen molar-refractivity contribution in [2.24, 2.45) is 0 Å². The van der Waals surface area contributed by atoms with Crippen molar-refractivity contribution in [3.05, 3.63) is 41.2 Å². The van der Waals surface area contributed by atoms with Crippen LogP contribution in [0.15, 0.2) is 24.3 Å². The van der Waals surface area contributed by atoms with Crippen LogP contribution in [0.2, 0.25) is 0 Å². The van der Waals surface area contributed by atoms with E-state index in [0.29, 0.717) is 21.7 Å². The summed E-state index contributed by atoms with van der Waals surface area (Å²) in [6, 6.07) is 8.00. The molecule has 0 unspecified atom stereocenters. The quantitative estimate of drug-likeness (QED) is 0.780. The van der Waals surface area contributed by atoms with Crippen molar-refractivity contribution in [2.75, 3.05) is 31.1 Å². The molecule has 0 bridgehead atoms. The van der Waals surface area contributed by atoms with Crippen molar-refractivity contribution >= 4 is 26.7 Å². The van der Waals surface area contributed by atoms with Gasteiger partial charge in [0.15, 0.2) is 0 Å². The van der Waals surface area contributed by atoms with Crippen LogP contribution in [-0.2, 0) is 16.4 Å². The van der Waals surface area contributed by atoms with Gasteiger partial charge in [-0.05, 0) is 12.5 Å². The van der Waals surface area contributed by atoms with Crippen LogP contribution in [0.25, 0.3) is 0 Å². The Hall–Kier alpha value is -1.72. The standard InChI is InChI=1S/C15H17F3N4O2S2/c1-11-2-4-12(5-3-11)10-13-19-14(25-20-13)21-6-8-22(9-7-21)26(23,24)15(16,17)18/h2-5H,6-10H2,1H3. The molecule has 0 N–H and O–H groups in total. The number of rotatable bonds is 4. The molecule has 11 heteroatoms. The fourth-order valence-corrected chi connectivity index (χ4v) is 4.27. The van der Waals surface area contributed by atoms with Gasteiger partial charge in [0.1, 0.15) is 5.82 Å². The Labute approximate surface area is 153 Å². The number of sulfonamides is 1. The molecule has 1 aromatic carbocycles. The fraction of sp³-hybridized carbons (Fsp3) is 0.467. The minimum absolute atomic E-state index is 0.147. The number of hydrogen-bond acceptors (Lipinski definition) is 6. The first-order valence-corrected chi connectivity index (χ1v) is 10.1. The Balaban J connectivity index is 1.62. The third-order valence-corrected chi connectivity index (χ3v) is 6.53. The maximum Gasteiger partial charge on any atom is 0.511 e. The van der Waals surface area contributed by atoms with Crippen LogP contribution in [-0.4, -0.2) is 53.8 Å². The van der Waals surface area contributed by atoms with E-state index in [2.05, 4.69) is 9.36 Å². The van der Waals surface area contributed by atoms with Gasteiger partial charge in [-0.1, -0.05) is 29.8 Å². The molecule has 1 aliphatic rings. The second-order valence-electron chi connectivity index (χ2n) is 5.99. The summed E-state index contributed by atoms with van der Waals surface area (Å²) in [6.07, 6.45) is 0.569. The molecule has 6 nitrogen and oxygen atoms in total. The Kier molecular flexibility index (Phi) is 5.22. The number of anilines is 1. The van der Waals surface area contributed by atoms with E-state index in [1.54, 1.807) is 4.90 Å². The highest BCUT2D eigenvalue weighted by atomic mass is 32.2. The minimum atomic E-state index is -5.27. The summed E-state index contributed by atoms with van der Waals surface area (Å²) >= 11 is 1.17. The Bertz CT molecular complexity index is 858. The fourth-order valence-electron chi connectivity index (χ4n) is 2.60. The molecule has 0 radical (unpaired) electrons. The number of halogens is 3. The van der Waals surface area contributed by atoms with Gasteiger partial charge in [0.2, 0.25) is 5.13 Å². The Morgan fingerprint density at radius 2 is 1.73 bits per heavy atom. The number of nitrogens with zero attached hydrogens (tertiary/aromatic N) is 4. The Morgan fingerprint density at radius 1 is 1.12 bits per heavy atom. The minimum Gasteiger partial charge on any atom is -0.344 e. The second kappa shape index (κ2) is 7.12. The van der Waals surface area contributed by atoms with Crippen LogP contribution in [0.3, 0.4) is 0 Å². The first-order chi connectivity index (χ1) is 12.2. The van der Waals surface area contributed by atoms with E-state index in [1.807, 2.05) is 31.2 Å². The number of aromatic nitrogens is 2. The number of aryl methyl sites for hydroxylation is 1. The molecule has 0 amide bonds. The van der Waals surface area contributed by atoms with Crippen molar-refractivity contribution in [3.8, 4) is 0 Å². The highest BCUT2D eigenvalue weighted by Crippen LogP contribution is 2.28. The predicted molar refractivity (Wildman–Crippen MR) is 92.7 cm³/mol. The van der Waals surface area contributed by atoms with Gasteiger partial charge >= 0.3 is 15.5 Å². The molecule has 2 aromatic rings. The molecule has 3 rings (SSSR count). The number of piperazine rings is 1. The van der Waals surface area contributed by atoms with Crippen LogP contribution in [0.4, 0.5) is 18.3 Å². The van der Waals surface area contributed by atoms with Crippen molar-refractivity contribution in [1.82, 2.24) is 13.7 Å². The molecule has 0 spiro atoms. The van der Waals surface area contributed by atoms with Crippen LogP contribution >= 0.6 is 11.5 Å². The lowest BCUT2D eigenvalue weighted by molar-refractivity contribution is -0.0490. The summed E-state index contributed by atoms with van der Waals surface area (Å²) in [5.74, 6) is 0.638. The monoisotopic (exact) mass is 406 g/mol. The number of hydrogen-bond donors (Lipinski definition) is 0. The largest absolute Gasteiger partial charge is 0.511 e. The van der Waals surface area contributed by atoms with E-state index in [4.69, 9.17) is 0 Å². The van der Waals surface area contributed by atoms with E-state index in [0.717, 1.165) is 11.1 Å². The normalized spacial score (nSPS) is 16.8. The summed E-state index contributed by atoms with van der Waals surface area (Å²) in [5.41, 5.74) is -3.03. The first kappa shape index (κ1) is 19.1. The molecule has 0 atom stereocenters. The molecule has 1 aliphatic heterocycles. The Morgan fingerprint density at radius 3 is 2.31 bits per heavy atom. The lowest BCUT2D eigenvalue weighted by Crippen LogP contribution is -2.52. The highest BCUT2D eigenvalue weighted by molar-refractivity contribution is 7.90. The van der Waals surface area contributed by atoms with E-state index in [-0.39, 0.29) is 26.2 Å². The highest BCUT2D eigenvalue weighted by Gasteiger charge is 2.50. The van der Waals surface area contributed by atoms with Gasteiger partial charge in [-0.15, -0.1) is 0 Å². The van der Waals surface area contributed by atoms with E-state index >= 15 is 0 Å². The van der Waals surface area contributed by atoms with Gasteiger partial charge in [-0.2, -0.15) is 21.9 Å². The van der Waals surface area contributed by atoms with Gasteiger partial charge < -0.3 is 4.90 Å². The zero-order valence-electron chi connectivity index (χ0n) is 13.9. The van der Waals surface area contributed by atoms with Crippen molar-refractivity contribution in [1.29, 1.82) is 0 Å². The van der Waals surface area contributed by atoms with E-state index in [9.17, 15) is 21.6 Å². The predicted octanol–water partition coefficient (Wildman–Crippen LogP) is 2.41. The molecule has 0 saturated carbocycles. The summed E-state index contributed by atoms with van der Waals surface area (Å²) in [6.45, 7) is 1.84. The summed E-state index contributed by atoms with van der Waals surface area (Å²) < 4.78 is 65.5. The molecule has 1 saturated heterocycles.